The number of ether oxygens (including phenoxy) is 2. The molecule has 1 aromatic rings. The first-order chi connectivity index (χ1) is 7.60. The lowest BCUT2D eigenvalue weighted by Gasteiger charge is -2.16. The first kappa shape index (κ1) is 13.3. The average Bonchev–Trinajstić information content (AvgIpc) is 2.23. The highest BCUT2D eigenvalue weighted by Gasteiger charge is 2.12. The van der Waals surface area contributed by atoms with Gasteiger partial charge in [0.25, 0.3) is 0 Å². The molecule has 1 atom stereocenters. The molecule has 0 aliphatic heterocycles. The first-order valence-corrected chi connectivity index (χ1v) is 5.65. The van der Waals surface area contributed by atoms with Crippen molar-refractivity contribution in [1.82, 2.24) is 0 Å². The zero-order valence-corrected chi connectivity index (χ0v) is 10.7. The fourth-order valence-corrected chi connectivity index (χ4v) is 1.83. The van der Waals surface area contributed by atoms with Crippen molar-refractivity contribution in [3.63, 3.8) is 0 Å². The number of nitrogens with two attached hydrogens (primary N) is 1. The highest BCUT2D eigenvalue weighted by Crippen LogP contribution is 2.30. The van der Waals surface area contributed by atoms with Gasteiger partial charge in [-0.1, -0.05) is 11.6 Å². The second kappa shape index (κ2) is 6.09. The summed E-state index contributed by atoms with van der Waals surface area (Å²) in [5.41, 5.74) is 8.04. The van der Waals surface area contributed by atoms with E-state index in [1.165, 1.54) is 0 Å². The van der Waals surface area contributed by atoms with Crippen LogP contribution in [-0.2, 0) is 4.74 Å². The van der Waals surface area contributed by atoms with Crippen molar-refractivity contribution in [3.05, 3.63) is 28.3 Å². The molecule has 1 rings (SSSR count). The lowest BCUT2D eigenvalue weighted by Crippen LogP contribution is -2.17. The van der Waals surface area contributed by atoms with Gasteiger partial charge in [0.15, 0.2) is 0 Å². The van der Waals surface area contributed by atoms with Gasteiger partial charge in [0.2, 0.25) is 0 Å². The van der Waals surface area contributed by atoms with Crippen LogP contribution in [0.5, 0.6) is 5.75 Å². The van der Waals surface area contributed by atoms with E-state index in [4.69, 9.17) is 26.8 Å². The third-order valence-electron chi connectivity index (χ3n) is 2.37. The summed E-state index contributed by atoms with van der Waals surface area (Å²) in [5.74, 6) is 0.704. The molecular formula is C12H18ClNO2. The summed E-state index contributed by atoms with van der Waals surface area (Å²) < 4.78 is 10.4. The largest absolute Gasteiger partial charge is 0.492 e. The van der Waals surface area contributed by atoms with Crippen LogP contribution in [0.2, 0.25) is 5.02 Å². The van der Waals surface area contributed by atoms with Crippen LogP contribution in [0.15, 0.2) is 12.1 Å². The molecule has 90 valence electrons. The van der Waals surface area contributed by atoms with Gasteiger partial charge < -0.3 is 15.2 Å². The first-order valence-electron chi connectivity index (χ1n) is 5.27. The van der Waals surface area contributed by atoms with Crippen molar-refractivity contribution in [2.45, 2.75) is 19.9 Å². The van der Waals surface area contributed by atoms with Crippen LogP contribution in [0.4, 0.5) is 0 Å². The summed E-state index contributed by atoms with van der Waals surface area (Å²) >= 11 is 6.10. The van der Waals surface area contributed by atoms with E-state index in [9.17, 15) is 0 Å². The molecule has 0 aliphatic rings. The molecule has 1 unspecified atom stereocenters. The van der Waals surface area contributed by atoms with Crippen LogP contribution < -0.4 is 10.5 Å². The van der Waals surface area contributed by atoms with Crippen LogP contribution in [0.1, 0.15) is 24.1 Å². The Balaban J connectivity index is 3.00. The molecule has 2 N–H and O–H groups in total. The summed E-state index contributed by atoms with van der Waals surface area (Å²) in [6, 6.07) is 3.61. The Morgan fingerprint density at radius 3 is 2.69 bits per heavy atom. The minimum Gasteiger partial charge on any atom is -0.492 e. The van der Waals surface area contributed by atoms with Crippen LogP contribution in [0.25, 0.3) is 0 Å². The monoisotopic (exact) mass is 243 g/mol. The van der Waals surface area contributed by atoms with Crippen molar-refractivity contribution in [1.29, 1.82) is 0 Å². The van der Waals surface area contributed by atoms with E-state index in [0.717, 1.165) is 11.1 Å². The smallest absolute Gasteiger partial charge is 0.138 e. The number of halogens is 1. The Bertz CT molecular complexity index is 355. The zero-order chi connectivity index (χ0) is 12.1. The lowest BCUT2D eigenvalue weighted by molar-refractivity contribution is 0.180. The quantitative estimate of drug-likeness (QED) is 0.865. The van der Waals surface area contributed by atoms with Crippen LogP contribution in [0.3, 0.4) is 0 Å². The Labute approximate surface area is 101 Å². The minimum atomic E-state index is -0.154. The van der Waals surface area contributed by atoms with Gasteiger partial charge in [-0.3, -0.25) is 0 Å². The highest BCUT2D eigenvalue weighted by molar-refractivity contribution is 6.32. The van der Waals surface area contributed by atoms with Crippen molar-refractivity contribution < 1.29 is 9.47 Å². The summed E-state index contributed by atoms with van der Waals surface area (Å²) in [6.07, 6.45) is 0. The number of hydrogen-bond acceptors (Lipinski definition) is 3. The fraction of sp³-hybridized carbons (Fsp3) is 0.500. The molecule has 0 bridgehead atoms. The molecule has 0 aliphatic carbocycles. The molecule has 0 amide bonds. The van der Waals surface area contributed by atoms with E-state index in [1.807, 2.05) is 26.0 Å². The normalized spacial score (nSPS) is 12.6. The maximum absolute atomic E-state index is 6.10. The van der Waals surface area contributed by atoms with E-state index in [0.29, 0.717) is 24.0 Å². The van der Waals surface area contributed by atoms with Crippen molar-refractivity contribution in [3.8, 4) is 5.75 Å². The molecule has 0 saturated heterocycles. The van der Waals surface area contributed by atoms with E-state index >= 15 is 0 Å². The molecule has 0 aromatic heterocycles. The summed E-state index contributed by atoms with van der Waals surface area (Å²) in [4.78, 5) is 0. The van der Waals surface area contributed by atoms with Gasteiger partial charge in [0.05, 0.1) is 24.3 Å². The van der Waals surface area contributed by atoms with Gasteiger partial charge in [-0.05, 0) is 37.1 Å². The Kier molecular flexibility index (Phi) is 5.06. The molecule has 0 radical (unpaired) electrons. The number of benzene rings is 1. The highest BCUT2D eigenvalue weighted by atomic mass is 35.5. The molecule has 4 heteroatoms. The number of methoxy groups -OCH3 is 1. The fourth-order valence-electron chi connectivity index (χ4n) is 1.61. The number of rotatable bonds is 5. The number of hydrogen-bond donors (Lipinski definition) is 1. The maximum atomic E-state index is 6.10. The Morgan fingerprint density at radius 1 is 1.44 bits per heavy atom. The maximum Gasteiger partial charge on any atom is 0.138 e. The molecular weight excluding hydrogens is 226 g/mol. The molecule has 0 fully saturated rings. The van der Waals surface area contributed by atoms with E-state index in [1.54, 1.807) is 7.11 Å². The van der Waals surface area contributed by atoms with Gasteiger partial charge in [0.1, 0.15) is 5.75 Å². The molecule has 16 heavy (non-hydrogen) atoms. The predicted octanol–water partition coefficient (Wildman–Crippen LogP) is 2.69. The van der Waals surface area contributed by atoms with Gasteiger partial charge >= 0.3 is 0 Å². The average molecular weight is 244 g/mol. The summed E-state index contributed by atoms with van der Waals surface area (Å²) in [7, 11) is 1.63. The molecule has 0 saturated carbocycles. The SMILES string of the molecule is CCOc1cc(C)c(C(N)COC)cc1Cl. The van der Waals surface area contributed by atoms with Gasteiger partial charge in [-0.2, -0.15) is 0 Å². The second-order valence-electron chi connectivity index (χ2n) is 3.63. The zero-order valence-electron chi connectivity index (χ0n) is 9.92. The van der Waals surface area contributed by atoms with Gasteiger partial charge in [-0.15, -0.1) is 0 Å². The number of aryl methyl sites for hydroxylation is 1. The summed E-state index contributed by atoms with van der Waals surface area (Å²) in [5, 5.41) is 0.592. The van der Waals surface area contributed by atoms with E-state index in [-0.39, 0.29) is 6.04 Å². The molecule has 3 nitrogen and oxygen atoms in total. The summed E-state index contributed by atoms with van der Waals surface area (Å²) in [6.45, 7) is 4.99. The van der Waals surface area contributed by atoms with Crippen LogP contribution in [0, 0.1) is 6.92 Å². The standard InChI is InChI=1S/C12H18ClNO2/c1-4-16-12-5-8(2)9(6-10(12)13)11(14)7-15-3/h5-6,11H,4,7,14H2,1-3H3. The predicted molar refractivity (Wildman–Crippen MR) is 66.2 cm³/mol. The van der Waals surface area contributed by atoms with Gasteiger partial charge in [-0.25, -0.2) is 0 Å². The van der Waals surface area contributed by atoms with E-state index in [2.05, 4.69) is 0 Å². The van der Waals surface area contributed by atoms with Crippen molar-refractivity contribution >= 4 is 11.6 Å². The third kappa shape index (κ3) is 3.11. The van der Waals surface area contributed by atoms with Crippen LogP contribution in [-0.4, -0.2) is 20.3 Å². The molecule has 0 heterocycles. The van der Waals surface area contributed by atoms with Gasteiger partial charge in [0, 0.05) is 7.11 Å². The molecule has 1 aromatic carbocycles. The third-order valence-corrected chi connectivity index (χ3v) is 2.66. The topological polar surface area (TPSA) is 44.5 Å². The molecule has 0 spiro atoms. The van der Waals surface area contributed by atoms with E-state index < -0.39 is 0 Å². The minimum absolute atomic E-state index is 0.154. The Hall–Kier alpha value is -0.770. The Morgan fingerprint density at radius 2 is 2.12 bits per heavy atom. The lowest BCUT2D eigenvalue weighted by atomic mass is 10.0. The van der Waals surface area contributed by atoms with Crippen molar-refractivity contribution in [2.24, 2.45) is 5.73 Å². The van der Waals surface area contributed by atoms with Crippen molar-refractivity contribution in [2.75, 3.05) is 20.3 Å². The second-order valence-corrected chi connectivity index (χ2v) is 4.04. The van der Waals surface area contributed by atoms with Crippen LogP contribution >= 0.6 is 11.6 Å².